The number of allylic oxidation sites excluding steroid dienone is 1. The third kappa shape index (κ3) is 4.17. The minimum absolute atomic E-state index is 0.307. The Labute approximate surface area is 195 Å². The van der Waals surface area contributed by atoms with Crippen LogP contribution >= 0.6 is 12.2 Å². The SMILES string of the molecule is CC1=C(c2nc(-c3ccc(C)cc3)no2)C(c2ccc(F)cc2)NC(=S)N1Cc1ccco1. The van der Waals surface area contributed by atoms with Gasteiger partial charge in [-0.25, -0.2) is 4.39 Å². The van der Waals surface area contributed by atoms with Crippen molar-refractivity contribution in [2.75, 3.05) is 0 Å². The van der Waals surface area contributed by atoms with Crippen molar-refractivity contribution >= 4 is 22.9 Å². The molecule has 5 rings (SSSR count). The second-order valence-electron chi connectivity index (χ2n) is 7.89. The molecular formula is C25H21FN4O2S. The van der Waals surface area contributed by atoms with Gasteiger partial charge in [0, 0.05) is 11.3 Å². The van der Waals surface area contributed by atoms with Gasteiger partial charge >= 0.3 is 0 Å². The monoisotopic (exact) mass is 460 g/mol. The quantitative estimate of drug-likeness (QED) is 0.387. The minimum Gasteiger partial charge on any atom is -0.467 e. The van der Waals surface area contributed by atoms with Gasteiger partial charge < -0.3 is 19.2 Å². The van der Waals surface area contributed by atoms with Crippen LogP contribution in [0.5, 0.6) is 0 Å². The molecule has 3 heterocycles. The Balaban J connectivity index is 1.59. The molecule has 2 aromatic carbocycles. The molecule has 0 amide bonds. The van der Waals surface area contributed by atoms with Gasteiger partial charge in [0.05, 0.1) is 24.4 Å². The molecule has 1 aliphatic rings. The van der Waals surface area contributed by atoms with Gasteiger partial charge in [0.2, 0.25) is 5.82 Å². The second-order valence-corrected chi connectivity index (χ2v) is 8.27. The van der Waals surface area contributed by atoms with E-state index in [1.54, 1.807) is 18.4 Å². The summed E-state index contributed by atoms with van der Waals surface area (Å²) in [6, 6.07) is 17.6. The van der Waals surface area contributed by atoms with Crippen molar-refractivity contribution in [1.82, 2.24) is 20.4 Å². The standard InChI is InChI=1S/C25H21FN4O2S/c1-15-5-7-18(8-6-15)23-28-24(32-29-23)21-16(2)30(14-20-4-3-13-31-20)25(33)27-22(21)17-9-11-19(26)12-10-17/h3-13,22H,14H2,1-2H3,(H,27,33). The number of aromatic nitrogens is 2. The van der Waals surface area contributed by atoms with Gasteiger partial charge in [-0.3, -0.25) is 0 Å². The smallest absolute Gasteiger partial charge is 0.258 e. The van der Waals surface area contributed by atoms with E-state index in [4.69, 9.17) is 26.1 Å². The van der Waals surface area contributed by atoms with Crippen LogP contribution in [0.1, 0.15) is 35.7 Å². The highest BCUT2D eigenvalue weighted by Crippen LogP contribution is 2.38. The van der Waals surface area contributed by atoms with Gasteiger partial charge in [0.25, 0.3) is 5.89 Å². The van der Waals surface area contributed by atoms with Crippen LogP contribution in [-0.4, -0.2) is 20.2 Å². The third-order valence-corrected chi connectivity index (χ3v) is 6.00. The molecule has 166 valence electrons. The number of nitrogens with one attached hydrogen (secondary N) is 1. The molecule has 1 unspecified atom stereocenters. The van der Waals surface area contributed by atoms with E-state index in [0.29, 0.717) is 23.4 Å². The zero-order valence-corrected chi connectivity index (χ0v) is 18.9. The molecule has 0 radical (unpaired) electrons. The van der Waals surface area contributed by atoms with E-state index in [2.05, 4.69) is 10.5 Å². The molecule has 0 saturated carbocycles. The van der Waals surface area contributed by atoms with Crippen LogP contribution in [-0.2, 0) is 6.54 Å². The van der Waals surface area contributed by atoms with Crippen LogP contribution in [0.25, 0.3) is 17.0 Å². The summed E-state index contributed by atoms with van der Waals surface area (Å²) in [5.74, 6) is 1.33. The van der Waals surface area contributed by atoms with Gasteiger partial charge in [-0.05, 0) is 55.9 Å². The van der Waals surface area contributed by atoms with Crippen LogP contribution in [0.2, 0.25) is 0 Å². The first-order chi connectivity index (χ1) is 16.0. The predicted molar refractivity (Wildman–Crippen MR) is 126 cm³/mol. The molecule has 1 aliphatic heterocycles. The molecule has 1 atom stereocenters. The summed E-state index contributed by atoms with van der Waals surface area (Å²) in [7, 11) is 0. The highest BCUT2D eigenvalue weighted by atomic mass is 32.1. The van der Waals surface area contributed by atoms with Crippen molar-refractivity contribution < 1.29 is 13.3 Å². The molecular weight excluding hydrogens is 439 g/mol. The molecule has 1 N–H and O–H groups in total. The molecule has 0 fully saturated rings. The summed E-state index contributed by atoms with van der Waals surface area (Å²) in [5.41, 5.74) is 4.46. The van der Waals surface area contributed by atoms with E-state index < -0.39 is 0 Å². The fourth-order valence-electron chi connectivity index (χ4n) is 3.87. The highest BCUT2D eigenvalue weighted by Gasteiger charge is 2.34. The maximum Gasteiger partial charge on any atom is 0.258 e. The minimum atomic E-state index is -0.378. The molecule has 2 aromatic heterocycles. The van der Waals surface area contributed by atoms with Crippen LogP contribution in [0, 0.1) is 12.7 Å². The Morgan fingerprint density at radius 2 is 1.82 bits per heavy atom. The van der Waals surface area contributed by atoms with Crippen molar-refractivity contribution in [2.24, 2.45) is 0 Å². The van der Waals surface area contributed by atoms with E-state index in [0.717, 1.165) is 33.7 Å². The summed E-state index contributed by atoms with van der Waals surface area (Å²) < 4.78 is 24.9. The van der Waals surface area contributed by atoms with Crippen LogP contribution in [0.15, 0.2) is 81.6 Å². The topological polar surface area (TPSA) is 67.3 Å². The fourth-order valence-corrected chi connectivity index (χ4v) is 4.18. The predicted octanol–water partition coefficient (Wildman–Crippen LogP) is 5.64. The van der Waals surface area contributed by atoms with Crippen molar-refractivity contribution in [3.63, 3.8) is 0 Å². The lowest BCUT2D eigenvalue weighted by molar-refractivity contribution is 0.382. The number of furan rings is 1. The van der Waals surface area contributed by atoms with Crippen molar-refractivity contribution in [3.8, 4) is 11.4 Å². The zero-order chi connectivity index (χ0) is 22.9. The van der Waals surface area contributed by atoms with E-state index >= 15 is 0 Å². The number of thiocarbonyl (C=S) groups is 1. The zero-order valence-electron chi connectivity index (χ0n) is 18.1. The van der Waals surface area contributed by atoms with Crippen LogP contribution in [0.4, 0.5) is 4.39 Å². The van der Waals surface area contributed by atoms with Crippen LogP contribution < -0.4 is 5.32 Å². The van der Waals surface area contributed by atoms with Gasteiger partial charge in [0.15, 0.2) is 5.11 Å². The van der Waals surface area contributed by atoms with Gasteiger partial charge in [0.1, 0.15) is 11.6 Å². The first kappa shape index (κ1) is 21.1. The van der Waals surface area contributed by atoms with Gasteiger partial charge in [-0.15, -0.1) is 0 Å². The summed E-state index contributed by atoms with van der Waals surface area (Å²) in [5, 5.41) is 8.10. The third-order valence-electron chi connectivity index (χ3n) is 5.66. The number of benzene rings is 2. The number of aryl methyl sites for hydroxylation is 1. The Bertz CT molecular complexity index is 1310. The highest BCUT2D eigenvalue weighted by molar-refractivity contribution is 7.80. The fraction of sp³-hybridized carbons (Fsp3) is 0.160. The lowest BCUT2D eigenvalue weighted by atomic mass is 9.94. The molecule has 4 aromatic rings. The summed E-state index contributed by atoms with van der Waals surface area (Å²) in [6.07, 6.45) is 1.63. The number of rotatable bonds is 5. The maximum absolute atomic E-state index is 13.6. The van der Waals surface area contributed by atoms with Crippen molar-refractivity contribution in [2.45, 2.75) is 26.4 Å². The van der Waals surface area contributed by atoms with E-state index in [1.807, 2.05) is 55.1 Å². The number of hydrogen-bond donors (Lipinski definition) is 1. The average Bonchev–Trinajstić information content (AvgIpc) is 3.50. The van der Waals surface area contributed by atoms with Crippen molar-refractivity contribution in [1.29, 1.82) is 0 Å². The molecule has 0 saturated heterocycles. The summed E-state index contributed by atoms with van der Waals surface area (Å²) in [6.45, 7) is 4.43. The normalized spacial score (nSPS) is 16.3. The van der Waals surface area contributed by atoms with Crippen molar-refractivity contribution in [3.05, 3.63) is 101 Å². The summed E-state index contributed by atoms with van der Waals surface area (Å²) in [4.78, 5) is 6.62. The maximum atomic E-state index is 13.6. The van der Waals surface area contributed by atoms with Gasteiger partial charge in [-0.2, -0.15) is 4.98 Å². The first-order valence-corrected chi connectivity index (χ1v) is 10.9. The molecule has 0 bridgehead atoms. The second kappa shape index (κ2) is 8.63. The molecule has 8 heteroatoms. The van der Waals surface area contributed by atoms with E-state index in [-0.39, 0.29) is 11.9 Å². The van der Waals surface area contributed by atoms with E-state index in [1.165, 1.54) is 12.1 Å². The Kier molecular flexibility index (Phi) is 5.51. The number of hydrogen-bond acceptors (Lipinski definition) is 5. The number of halogens is 1. The number of nitrogens with zero attached hydrogens (tertiary/aromatic N) is 3. The molecule has 33 heavy (non-hydrogen) atoms. The first-order valence-electron chi connectivity index (χ1n) is 10.5. The van der Waals surface area contributed by atoms with Gasteiger partial charge in [-0.1, -0.05) is 47.1 Å². The Hall–Kier alpha value is -3.78. The Morgan fingerprint density at radius 1 is 1.06 bits per heavy atom. The molecule has 6 nitrogen and oxygen atoms in total. The molecule has 0 spiro atoms. The largest absolute Gasteiger partial charge is 0.467 e. The van der Waals surface area contributed by atoms with Crippen LogP contribution in [0.3, 0.4) is 0 Å². The Morgan fingerprint density at radius 3 is 2.52 bits per heavy atom. The lowest BCUT2D eigenvalue weighted by Gasteiger charge is -2.37. The molecule has 0 aliphatic carbocycles. The van der Waals surface area contributed by atoms with E-state index in [9.17, 15) is 4.39 Å². The lowest BCUT2D eigenvalue weighted by Crippen LogP contribution is -2.45. The summed E-state index contributed by atoms with van der Waals surface area (Å²) >= 11 is 5.68. The average molecular weight is 461 g/mol.